The van der Waals surface area contributed by atoms with E-state index in [1.807, 2.05) is 13.0 Å². The van der Waals surface area contributed by atoms with E-state index in [-0.39, 0.29) is 23.2 Å². The fraction of sp³-hybridized carbons (Fsp3) is 0.583. The summed E-state index contributed by atoms with van der Waals surface area (Å²) in [5.41, 5.74) is 1.29. The van der Waals surface area contributed by atoms with Crippen molar-refractivity contribution >= 4 is 5.69 Å². The molecular formula is C24H35NO2. The molecule has 3 nitrogen and oxygen atoms in total. The Morgan fingerprint density at radius 1 is 1.22 bits per heavy atom. The van der Waals surface area contributed by atoms with Crippen LogP contribution in [-0.2, 0) is 11.2 Å². The number of benzene rings is 1. The molecule has 0 spiro atoms. The summed E-state index contributed by atoms with van der Waals surface area (Å²) in [6.45, 7) is 12.4. The van der Waals surface area contributed by atoms with Crippen molar-refractivity contribution in [2.75, 3.05) is 5.32 Å². The van der Waals surface area contributed by atoms with E-state index in [1.54, 1.807) is 0 Å². The second kappa shape index (κ2) is 7.44. The molecule has 4 atom stereocenters. The van der Waals surface area contributed by atoms with Crippen LogP contribution in [0.25, 0.3) is 0 Å². The molecule has 1 aromatic rings. The Hall–Kier alpha value is -1.58. The monoisotopic (exact) mass is 369 g/mol. The van der Waals surface area contributed by atoms with E-state index >= 15 is 0 Å². The highest BCUT2D eigenvalue weighted by atomic mass is 16.5. The van der Waals surface area contributed by atoms with E-state index in [0.29, 0.717) is 6.42 Å². The maximum Gasteiger partial charge on any atom is 0.0914 e. The van der Waals surface area contributed by atoms with Gasteiger partial charge < -0.3 is 15.2 Å². The molecule has 1 unspecified atom stereocenters. The lowest BCUT2D eigenvalue weighted by atomic mass is 9.78. The van der Waals surface area contributed by atoms with Crippen molar-refractivity contribution in [3.05, 3.63) is 54.6 Å². The van der Waals surface area contributed by atoms with Crippen molar-refractivity contribution in [3.8, 4) is 0 Å². The third kappa shape index (κ3) is 4.64. The molecule has 0 radical (unpaired) electrons. The molecule has 27 heavy (non-hydrogen) atoms. The average molecular weight is 370 g/mol. The van der Waals surface area contributed by atoms with Crippen LogP contribution in [0.15, 0.2) is 49.1 Å². The molecule has 1 aromatic carbocycles. The van der Waals surface area contributed by atoms with Crippen molar-refractivity contribution in [1.82, 2.24) is 0 Å². The van der Waals surface area contributed by atoms with E-state index in [4.69, 9.17) is 4.74 Å². The van der Waals surface area contributed by atoms with Gasteiger partial charge in [-0.1, -0.05) is 44.2 Å². The lowest BCUT2D eigenvalue weighted by molar-refractivity contribution is -0.130. The van der Waals surface area contributed by atoms with Gasteiger partial charge in [-0.3, -0.25) is 0 Å². The standard InChI is InChI=1S/C24H35NO2/c1-6-8-18-9-11-19(12-10-18)25-20-17-22(2,3)14-7-15-23(4,26)21-13-16-24(20,5)27-21/h6-7,9-12,14,20-21,25-26H,1,8,13,15-17H2,2-5H3/b14-7+/t20-,21?,23+,24-/m0/s1. The zero-order chi connectivity index (χ0) is 19.7. The van der Waals surface area contributed by atoms with Crippen LogP contribution in [0.5, 0.6) is 0 Å². The van der Waals surface area contributed by atoms with Gasteiger partial charge in [0.25, 0.3) is 0 Å². The molecule has 0 aromatic heterocycles. The topological polar surface area (TPSA) is 41.5 Å². The number of hydrogen-bond donors (Lipinski definition) is 2. The van der Waals surface area contributed by atoms with Crippen molar-refractivity contribution in [2.24, 2.45) is 5.41 Å². The summed E-state index contributed by atoms with van der Waals surface area (Å²) in [5.74, 6) is 0. The molecule has 3 heteroatoms. The molecule has 2 aliphatic rings. The molecule has 1 saturated heterocycles. The van der Waals surface area contributed by atoms with E-state index < -0.39 is 5.60 Å². The number of rotatable bonds is 4. The van der Waals surface area contributed by atoms with Crippen LogP contribution in [0.4, 0.5) is 5.69 Å². The molecule has 148 valence electrons. The second-order valence-electron chi connectivity index (χ2n) is 9.50. The maximum atomic E-state index is 10.9. The molecule has 2 N–H and O–H groups in total. The SMILES string of the molecule is C=CCc1ccc(N[C@H]2CC(C)(C)/C=C/C[C@@](C)(O)C3CC[C@]2(C)O3)cc1. The zero-order valence-corrected chi connectivity index (χ0v) is 17.3. The number of allylic oxidation sites excluding steroid dienone is 2. The minimum absolute atomic E-state index is 0.0261. The predicted octanol–water partition coefficient (Wildman–Crippen LogP) is 5.26. The summed E-state index contributed by atoms with van der Waals surface area (Å²) in [6, 6.07) is 8.77. The Morgan fingerprint density at radius 3 is 2.59 bits per heavy atom. The first-order valence-electron chi connectivity index (χ1n) is 10.2. The highest BCUT2D eigenvalue weighted by Gasteiger charge is 2.49. The van der Waals surface area contributed by atoms with Crippen molar-refractivity contribution < 1.29 is 9.84 Å². The molecule has 2 heterocycles. The molecule has 0 saturated carbocycles. The predicted molar refractivity (Wildman–Crippen MR) is 113 cm³/mol. The van der Waals surface area contributed by atoms with Crippen LogP contribution >= 0.6 is 0 Å². The van der Waals surface area contributed by atoms with Crippen LogP contribution in [0.1, 0.15) is 58.9 Å². The molecule has 0 amide bonds. The molecule has 2 bridgehead atoms. The summed E-state index contributed by atoms with van der Waals surface area (Å²) in [4.78, 5) is 0. The van der Waals surface area contributed by atoms with Gasteiger partial charge in [0.05, 0.1) is 23.3 Å². The smallest absolute Gasteiger partial charge is 0.0914 e. The molecule has 1 fully saturated rings. The van der Waals surface area contributed by atoms with Gasteiger partial charge in [-0.2, -0.15) is 0 Å². The van der Waals surface area contributed by atoms with Gasteiger partial charge in [0, 0.05) is 5.69 Å². The number of anilines is 1. The zero-order valence-electron chi connectivity index (χ0n) is 17.3. The Balaban J connectivity index is 1.87. The molecule has 0 aliphatic carbocycles. The third-order valence-electron chi connectivity index (χ3n) is 6.25. The summed E-state index contributed by atoms with van der Waals surface area (Å²) < 4.78 is 6.52. The minimum Gasteiger partial charge on any atom is -0.387 e. The number of aliphatic hydroxyl groups is 1. The normalized spacial score (nSPS) is 36.8. The van der Waals surface area contributed by atoms with Crippen molar-refractivity contribution in [2.45, 2.75) is 83.1 Å². The van der Waals surface area contributed by atoms with Crippen LogP contribution in [-0.4, -0.2) is 28.5 Å². The van der Waals surface area contributed by atoms with Crippen LogP contribution in [0.3, 0.4) is 0 Å². The second-order valence-corrected chi connectivity index (χ2v) is 9.50. The van der Waals surface area contributed by atoms with Gasteiger partial charge in [0.2, 0.25) is 0 Å². The largest absolute Gasteiger partial charge is 0.387 e. The van der Waals surface area contributed by atoms with Gasteiger partial charge in [0.1, 0.15) is 0 Å². The lowest BCUT2D eigenvalue weighted by Crippen LogP contribution is -2.49. The summed E-state index contributed by atoms with van der Waals surface area (Å²) in [5, 5.41) is 14.7. The van der Waals surface area contributed by atoms with E-state index in [0.717, 1.165) is 31.4 Å². The van der Waals surface area contributed by atoms with Gasteiger partial charge in [-0.15, -0.1) is 6.58 Å². The number of fused-ring (bicyclic) bond motifs is 2. The lowest BCUT2D eigenvalue weighted by Gasteiger charge is -2.41. The Morgan fingerprint density at radius 2 is 1.93 bits per heavy atom. The number of hydrogen-bond acceptors (Lipinski definition) is 3. The summed E-state index contributed by atoms with van der Waals surface area (Å²) >= 11 is 0. The number of ether oxygens (including phenoxy) is 1. The van der Waals surface area contributed by atoms with Crippen molar-refractivity contribution in [3.63, 3.8) is 0 Å². The first-order chi connectivity index (χ1) is 12.6. The Kier molecular flexibility index (Phi) is 5.56. The highest BCUT2D eigenvalue weighted by Crippen LogP contribution is 2.44. The average Bonchev–Trinajstić information content (AvgIpc) is 2.99. The first kappa shape index (κ1) is 20.2. The van der Waals surface area contributed by atoms with Gasteiger partial charge in [-0.25, -0.2) is 0 Å². The molecule has 2 aliphatic heterocycles. The Bertz CT molecular complexity index is 689. The van der Waals surface area contributed by atoms with Crippen molar-refractivity contribution in [1.29, 1.82) is 0 Å². The maximum absolute atomic E-state index is 10.9. The summed E-state index contributed by atoms with van der Waals surface area (Å²) in [6.07, 6.45) is 10.6. The van der Waals surface area contributed by atoms with Gasteiger partial charge >= 0.3 is 0 Å². The summed E-state index contributed by atoms with van der Waals surface area (Å²) in [7, 11) is 0. The fourth-order valence-corrected chi connectivity index (χ4v) is 4.42. The van der Waals surface area contributed by atoms with Crippen LogP contribution < -0.4 is 5.32 Å². The highest BCUT2D eigenvalue weighted by molar-refractivity contribution is 5.46. The van der Waals surface area contributed by atoms with Crippen LogP contribution in [0, 0.1) is 5.41 Å². The van der Waals surface area contributed by atoms with Crippen LogP contribution in [0.2, 0.25) is 0 Å². The van der Waals surface area contributed by atoms with E-state index in [2.05, 4.69) is 69.1 Å². The fourth-order valence-electron chi connectivity index (χ4n) is 4.42. The Labute approximate surface area is 164 Å². The minimum atomic E-state index is -0.821. The first-order valence-corrected chi connectivity index (χ1v) is 10.2. The van der Waals surface area contributed by atoms with Gasteiger partial charge in [0.15, 0.2) is 0 Å². The van der Waals surface area contributed by atoms with Gasteiger partial charge in [-0.05, 0) is 69.1 Å². The van der Waals surface area contributed by atoms with E-state index in [1.165, 1.54) is 5.56 Å². The number of nitrogens with one attached hydrogen (secondary N) is 1. The molecule has 3 rings (SSSR count). The quantitative estimate of drug-likeness (QED) is 0.711. The van der Waals surface area contributed by atoms with E-state index in [9.17, 15) is 5.11 Å². The third-order valence-corrected chi connectivity index (χ3v) is 6.25. The molecular weight excluding hydrogens is 334 g/mol.